The molecule has 0 unspecified atom stereocenters. The maximum atomic E-state index is 11.7. The maximum absolute atomic E-state index is 11.7. The molecule has 1 amide bonds. The molecule has 0 aliphatic heterocycles. The highest BCUT2D eigenvalue weighted by molar-refractivity contribution is 5.93. The smallest absolute Gasteiger partial charge is 0.252 e. The Bertz CT molecular complexity index is 346. The highest BCUT2D eigenvalue weighted by Gasteiger charge is 2.11. The number of nitrogens with zero attached hydrogens (tertiary/aromatic N) is 1. The van der Waals surface area contributed by atoms with Crippen molar-refractivity contribution in [2.45, 2.75) is 20.0 Å². The number of rotatable bonds is 4. The zero-order valence-corrected chi connectivity index (χ0v) is 9.80. The molecule has 0 bridgehead atoms. The zero-order valence-electron chi connectivity index (χ0n) is 9.80. The number of ether oxygens (including phenoxy) is 1. The molecule has 0 aliphatic rings. The minimum absolute atomic E-state index is 0.0390. The molecule has 1 aromatic rings. The lowest BCUT2D eigenvalue weighted by Gasteiger charge is -2.18. The molecular formula is C12H17NO3. The number of likely N-dealkylation sites (N-methyl/N-ethyl adjacent to an activating group) is 1. The molecule has 0 radical (unpaired) electrons. The van der Waals surface area contributed by atoms with Gasteiger partial charge in [0.15, 0.2) is 0 Å². The number of carbonyl (C=O) groups is 1. The third-order valence-electron chi connectivity index (χ3n) is 2.15. The van der Waals surface area contributed by atoms with Crippen molar-refractivity contribution in [2.75, 3.05) is 18.6 Å². The van der Waals surface area contributed by atoms with Crippen LogP contribution in [-0.2, 0) is 9.53 Å². The lowest BCUT2D eigenvalue weighted by molar-refractivity contribution is -0.124. The fourth-order valence-corrected chi connectivity index (χ4v) is 1.16. The number of benzene rings is 1. The summed E-state index contributed by atoms with van der Waals surface area (Å²) in [6, 6.07) is 6.45. The van der Waals surface area contributed by atoms with Gasteiger partial charge in [-0.3, -0.25) is 4.79 Å². The Morgan fingerprint density at radius 3 is 2.44 bits per heavy atom. The van der Waals surface area contributed by atoms with Gasteiger partial charge in [0, 0.05) is 12.7 Å². The first kappa shape index (κ1) is 12.5. The van der Waals surface area contributed by atoms with Gasteiger partial charge in [-0.1, -0.05) is 0 Å². The van der Waals surface area contributed by atoms with Crippen molar-refractivity contribution in [3.8, 4) is 5.75 Å². The third-order valence-corrected chi connectivity index (χ3v) is 2.15. The van der Waals surface area contributed by atoms with E-state index in [1.807, 2.05) is 13.8 Å². The van der Waals surface area contributed by atoms with Gasteiger partial charge in [-0.05, 0) is 38.1 Å². The fourth-order valence-electron chi connectivity index (χ4n) is 1.16. The van der Waals surface area contributed by atoms with Crippen LogP contribution in [0, 0.1) is 0 Å². The molecular weight excluding hydrogens is 206 g/mol. The van der Waals surface area contributed by atoms with E-state index in [1.54, 1.807) is 31.3 Å². The summed E-state index contributed by atoms with van der Waals surface area (Å²) in [6.07, 6.45) is 0.0390. The van der Waals surface area contributed by atoms with Crippen LogP contribution in [0.15, 0.2) is 24.3 Å². The predicted molar refractivity (Wildman–Crippen MR) is 62.6 cm³/mol. The van der Waals surface area contributed by atoms with Crippen LogP contribution in [0.5, 0.6) is 5.75 Å². The van der Waals surface area contributed by atoms with Crippen molar-refractivity contribution in [2.24, 2.45) is 0 Å². The van der Waals surface area contributed by atoms with Gasteiger partial charge < -0.3 is 14.7 Å². The van der Waals surface area contributed by atoms with Gasteiger partial charge in [0.05, 0.1) is 6.10 Å². The van der Waals surface area contributed by atoms with Gasteiger partial charge in [0.2, 0.25) is 0 Å². The van der Waals surface area contributed by atoms with Gasteiger partial charge in [-0.2, -0.15) is 0 Å². The summed E-state index contributed by atoms with van der Waals surface area (Å²) >= 11 is 0. The van der Waals surface area contributed by atoms with Gasteiger partial charge in [0.1, 0.15) is 12.4 Å². The number of hydrogen-bond donors (Lipinski definition) is 1. The largest absolute Gasteiger partial charge is 0.508 e. The van der Waals surface area contributed by atoms with E-state index in [1.165, 1.54) is 4.90 Å². The highest BCUT2D eigenvalue weighted by Crippen LogP contribution is 2.17. The molecule has 0 aromatic heterocycles. The van der Waals surface area contributed by atoms with Gasteiger partial charge in [-0.15, -0.1) is 0 Å². The Morgan fingerprint density at radius 1 is 1.38 bits per heavy atom. The molecule has 16 heavy (non-hydrogen) atoms. The van der Waals surface area contributed by atoms with Crippen LogP contribution in [0.1, 0.15) is 13.8 Å². The third kappa shape index (κ3) is 3.55. The molecule has 4 nitrogen and oxygen atoms in total. The molecule has 1 rings (SSSR count). The van der Waals surface area contributed by atoms with Crippen LogP contribution in [0.25, 0.3) is 0 Å². The van der Waals surface area contributed by atoms with Crippen LogP contribution in [0.3, 0.4) is 0 Å². The molecule has 0 heterocycles. The normalized spacial score (nSPS) is 10.5. The van der Waals surface area contributed by atoms with Crippen molar-refractivity contribution in [3.05, 3.63) is 24.3 Å². The first-order valence-corrected chi connectivity index (χ1v) is 5.18. The van der Waals surface area contributed by atoms with E-state index in [4.69, 9.17) is 9.84 Å². The quantitative estimate of drug-likeness (QED) is 0.846. The molecule has 0 atom stereocenters. The molecule has 0 saturated carbocycles. The average molecular weight is 223 g/mol. The van der Waals surface area contributed by atoms with Crippen LogP contribution in [-0.4, -0.2) is 30.8 Å². The first-order chi connectivity index (χ1) is 7.50. The summed E-state index contributed by atoms with van der Waals surface area (Å²) in [5, 5.41) is 9.13. The summed E-state index contributed by atoms with van der Waals surface area (Å²) in [4.78, 5) is 13.2. The molecule has 0 saturated heterocycles. The summed E-state index contributed by atoms with van der Waals surface area (Å²) in [7, 11) is 1.68. The van der Waals surface area contributed by atoms with Gasteiger partial charge in [0.25, 0.3) is 5.91 Å². The minimum atomic E-state index is -0.112. The second kappa shape index (κ2) is 5.51. The van der Waals surface area contributed by atoms with E-state index < -0.39 is 0 Å². The van der Waals surface area contributed by atoms with E-state index in [0.29, 0.717) is 0 Å². The van der Waals surface area contributed by atoms with Crippen molar-refractivity contribution in [3.63, 3.8) is 0 Å². The predicted octanol–water partition coefficient (Wildman–Crippen LogP) is 1.78. The summed E-state index contributed by atoms with van der Waals surface area (Å²) < 4.78 is 5.23. The second-order valence-corrected chi connectivity index (χ2v) is 3.83. The van der Waals surface area contributed by atoms with Gasteiger partial charge in [-0.25, -0.2) is 0 Å². The van der Waals surface area contributed by atoms with Crippen LogP contribution in [0.2, 0.25) is 0 Å². The zero-order chi connectivity index (χ0) is 12.1. The first-order valence-electron chi connectivity index (χ1n) is 5.18. The van der Waals surface area contributed by atoms with Crippen molar-refractivity contribution in [1.29, 1.82) is 0 Å². The number of hydrogen-bond acceptors (Lipinski definition) is 3. The second-order valence-electron chi connectivity index (χ2n) is 3.83. The van der Waals surface area contributed by atoms with E-state index >= 15 is 0 Å². The molecule has 88 valence electrons. The number of anilines is 1. The molecule has 0 aliphatic carbocycles. The van der Waals surface area contributed by atoms with Crippen LogP contribution in [0.4, 0.5) is 5.69 Å². The van der Waals surface area contributed by atoms with Crippen molar-refractivity contribution < 1.29 is 14.6 Å². The average Bonchev–Trinajstić information content (AvgIpc) is 2.26. The Labute approximate surface area is 95.5 Å². The SMILES string of the molecule is CC(C)OCC(=O)N(C)c1ccc(O)cc1. The van der Waals surface area contributed by atoms with Crippen LogP contribution >= 0.6 is 0 Å². The van der Waals surface area contributed by atoms with E-state index in [2.05, 4.69) is 0 Å². The van der Waals surface area contributed by atoms with E-state index in [9.17, 15) is 4.79 Å². The maximum Gasteiger partial charge on any atom is 0.252 e. The molecule has 0 fully saturated rings. The molecule has 1 N–H and O–H groups in total. The highest BCUT2D eigenvalue weighted by atomic mass is 16.5. The lowest BCUT2D eigenvalue weighted by Crippen LogP contribution is -2.31. The molecule has 0 spiro atoms. The number of aromatic hydroxyl groups is 1. The fraction of sp³-hybridized carbons (Fsp3) is 0.417. The number of carbonyl (C=O) groups excluding carboxylic acids is 1. The Hall–Kier alpha value is -1.55. The summed E-state index contributed by atoms with van der Waals surface area (Å²) in [6.45, 7) is 3.83. The van der Waals surface area contributed by atoms with E-state index in [0.717, 1.165) is 5.69 Å². The van der Waals surface area contributed by atoms with Gasteiger partial charge >= 0.3 is 0 Å². The molecule has 1 aromatic carbocycles. The lowest BCUT2D eigenvalue weighted by atomic mass is 10.3. The summed E-state index contributed by atoms with van der Waals surface area (Å²) in [5.74, 6) is 0.0717. The van der Waals surface area contributed by atoms with Crippen molar-refractivity contribution in [1.82, 2.24) is 0 Å². The standard InChI is InChI=1S/C12H17NO3/c1-9(2)16-8-12(15)13(3)10-4-6-11(14)7-5-10/h4-7,9,14H,8H2,1-3H3. The molecule has 4 heteroatoms. The number of phenols is 1. The topological polar surface area (TPSA) is 49.8 Å². The Balaban J connectivity index is 2.59. The minimum Gasteiger partial charge on any atom is -0.508 e. The van der Waals surface area contributed by atoms with Crippen LogP contribution < -0.4 is 4.90 Å². The monoisotopic (exact) mass is 223 g/mol. The van der Waals surface area contributed by atoms with Crippen molar-refractivity contribution >= 4 is 11.6 Å². The summed E-state index contributed by atoms with van der Waals surface area (Å²) in [5.41, 5.74) is 0.732. The Morgan fingerprint density at radius 2 is 1.94 bits per heavy atom. The Kier molecular flexibility index (Phi) is 4.31. The number of phenolic OH excluding ortho intramolecular Hbond substituents is 1. The number of amides is 1. The van der Waals surface area contributed by atoms with E-state index in [-0.39, 0.29) is 24.4 Å².